The first-order chi connectivity index (χ1) is 7.46. The van der Waals surface area contributed by atoms with Crippen LogP contribution in [0.25, 0.3) is 0 Å². The lowest BCUT2D eigenvalue weighted by Crippen LogP contribution is -2.57. The summed E-state index contributed by atoms with van der Waals surface area (Å²) in [5.74, 6) is 0.501. The Morgan fingerprint density at radius 1 is 1.56 bits per heavy atom. The molecule has 0 aromatic carbocycles. The summed E-state index contributed by atoms with van der Waals surface area (Å²) in [6.45, 7) is 7.54. The number of piperidine rings is 1. The van der Waals surface area contributed by atoms with E-state index in [9.17, 15) is 4.79 Å². The van der Waals surface area contributed by atoms with Crippen molar-refractivity contribution in [2.45, 2.75) is 45.2 Å². The first-order valence-corrected chi connectivity index (χ1v) is 6.00. The molecule has 16 heavy (non-hydrogen) atoms. The zero-order valence-electron chi connectivity index (χ0n) is 10.8. The highest BCUT2D eigenvalue weighted by molar-refractivity contribution is 5.82. The van der Waals surface area contributed by atoms with E-state index in [1.807, 2.05) is 13.8 Å². The number of rotatable bonds is 4. The minimum Gasteiger partial charge on any atom is -0.382 e. The lowest BCUT2D eigenvalue weighted by Gasteiger charge is -2.33. The fourth-order valence-corrected chi connectivity index (χ4v) is 2.21. The molecule has 0 aromatic rings. The first kappa shape index (κ1) is 13.5. The Bertz CT molecular complexity index is 241. The molecule has 94 valence electrons. The summed E-state index contributed by atoms with van der Waals surface area (Å²) in [7, 11) is 1.65. The number of carbonyl (C=O) groups is 1. The van der Waals surface area contributed by atoms with E-state index in [1.54, 1.807) is 7.11 Å². The van der Waals surface area contributed by atoms with Gasteiger partial charge in [-0.05, 0) is 39.2 Å². The van der Waals surface area contributed by atoms with Crippen LogP contribution < -0.4 is 10.6 Å². The molecule has 0 aliphatic carbocycles. The maximum absolute atomic E-state index is 12.1. The molecule has 0 bridgehead atoms. The minimum absolute atomic E-state index is 0.0510. The number of hydrogen-bond donors (Lipinski definition) is 2. The van der Waals surface area contributed by atoms with Gasteiger partial charge in [0, 0.05) is 7.11 Å². The zero-order chi connectivity index (χ0) is 12.2. The van der Waals surface area contributed by atoms with E-state index in [4.69, 9.17) is 4.74 Å². The van der Waals surface area contributed by atoms with Gasteiger partial charge in [0.15, 0.2) is 0 Å². The van der Waals surface area contributed by atoms with Gasteiger partial charge in [-0.15, -0.1) is 0 Å². The molecule has 2 N–H and O–H groups in total. The molecule has 2 unspecified atom stereocenters. The first-order valence-electron chi connectivity index (χ1n) is 6.00. The maximum atomic E-state index is 12.1. The summed E-state index contributed by atoms with van der Waals surface area (Å²) in [6.07, 6.45) is 2.28. The predicted octanol–water partition coefficient (Wildman–Crippen LogP) is 0.916. The third-order valence-electron chi connectivity index (χ3n) is 3.02. The van der Waals surface area contributed by atoms with Crippen molar-refractivity contribution in [2.24, 2.45) is 5.92 Å². The fourth-order valence-electron chi connectivity index (χ4n) is 2.21. The Balaban J connectivity index is 2.50. The standard InChI is InChI=1S/C12H24N2O2/c1-9-6-5-7-13-10(9)11(15)14-12(2,3)8-16-4/h9-10,13H,5-8H2,1-4H3,(H,14,15). The number of nitrogens with one attached hydrogen (secondary N) is 2. The van der Waals surface area contributed by atoms with Crippen molar-refractivity contribution in [2.75, 3.05) is 20.3 Å². The van der Waals surface area contributed by atoms with Crippen LogP contribution in [0, 0.1) is 5.92 Å². The third-order valence-corrected chi connectivity index (χ3v) is 3.02. The van der Waals surface area contributed by atoms with Crippen molar-refractivity contribution >= 4 is 5.91 Å². The van der Waals surface area contributed by atoms with Gasteiger partial charge in [-0.3, -0.25) is 4.79 Å². The van der Waals surface area contributed by atoms with E-state index in [0.29, 0.717) is 12.5 Å². The highest BCUT2D eigenvalue weighted by Crippen LogP contribution is 2.16. The van der Waals surface area contributed by atoms with Crippen LogP contribution in [0.4, 0.5) is 0 Å². The van der Waals surface area contributed by atoms with Crippen LogP contribution >= 0.6 is 0 Å². The second-order valence-electron chi connectivity index (χ2n) is 5.36. The molecule has 0 spiro atoms. The van der Waals surface area contributed by atoms with Gasteiger partial charge in [0.1, 0.15) is 0 Å². The molecule has 4 heteroatoms. The van der Waals surface area contributed by atoms with Crippen LogP contribution in [0.2, 0.25) is 0 Å². The molecule has 0 aromatic heterocycles. The lowest BCUT2D eigenvalue weighted by atomic mass is 9.91. The number of carbonyl (C=O) groups excluding carboxylic acids is 1. The molecule has 0 saturated carbocycles. The summed E-state index contributed by atoms with van der Waals surface area (Å²) >= 11 is 0. The van der Waals surface area contributed by atoms with Gasteiger partial charge in [0.05, 0.1) is 18.2 Å². The summed E-state index contributed by atoms with van der Waals surface area (Å²) in [5.41, 5.74) is -0.301. The Morgan fingerprint density at radius 2 is 2.25 bits per heavy atom. The molecular weight excluding hydrogens is 204 g/mol. The predicted molar refractivity (Wildman–Crippen MR) is 64.3 cm³/mol. The van der Waals surface area contributed by atoms with Crippen LogP contribution in [0.15, 0.2) is 0 Å². The summed E-state index contributed by atoms with van der Waals surface area (Å²) < 4.78 is 5.09. The molecule has 4 nitrogen and oxygen atoms in total. The Labute approximate surface area is 98.1 Å². The highest BCUT2D eigenvalue weighted by Gasteiger charge is 2.30. The normalized spacial score (nSPS) is 26.5. The van der Waals surface area contributed by atoms with Gasteiger partial charge >= 0.3 is 0 Å². The summed E-state index contributed by atoms with van der Waals surface area (Å²) in [6, 6.07) is -0.0510. The molecule has 1 rings (SSSR count). The van der Waals surface area contributed by atoms with Crippen LogP contribution in [0.3, 0.4) is 0 Å². The number of methoxy groups -OCH3 is 1. The summed E-state index contributed by atoms with van der Waals surface area (Å²) in [5, 5.41) is 6.31. The summed E-state index contributed by atoms with van der Waals surface area (Å²) in [4.78, 5) is 12.1. The fraction of sp³-hybridized carbons (Fsp3) is 0.917. The van der Waals surface area contributed by atoms with Gasteiger partial charge in [0.25, 0.3) is 0 Å². The number of ether oxygens (including phenoxy) is 1. The van der Waals surface area contributed by atoms with Crippen molar-refractivity contribution in [3.8, 4) is 0 Å². The van der Waals surface area contributed by atoms with Crippen molar-refractivity contribution in [1.29, 1.82) is 0 Å². The maximum Gasteiger partial charge on any atom is 0.237 e. The number of hydrogen-bond acceptors (Lipinski definition) is 3. The molecule has 1 heterocycles. The smallest absolute Gasteiger partial charge is 0.237 e. The van der Waals surface area contributed by atoms with Gasteiger partial charge < -0.3 is 15.4 Å². The molecule has 1 saturated heterocycles. The van der Waals surface area contributed by atoms with Gasteiger partial charge in [-0.1, -0.05) is 6.92 Å². The molecule has 2 atom stereocenters. The van der Waals surface area contributed by atoms with Crippen molar-refractivity contribution < 1.29 is 9.53 Å². The Morgan fingerprint density at radius 3 is 2.81 bits per heavy atom. The second kappa shape index (κ2) is 5.64. The highest BCUT2D eigenvalue weighted by atomic mass is 16.5. The van der Waals surface area contributed by atoms with E-state index in [2.05, 4.69) is 17.6 Å². The van der Waals surface area contributed by atoms with Crippen LogP contribution in [-0.2, 0) is 9.53 Å². The van der Waals surface area contributed by atoms with Crippen molar-refractivity contribution in [3.05, 3.63) is 0 Å². The molecule has 1 fully saturated rings. The second-order valence-corrected chi connectivity index (χ2v) is 5.36. The van der Waals surface area contributed by atoms with E-state index in [-0.39, 0.29) is 17.5 Å². The average Bonchev–Trinajstić information content (AvgIpc) is 2.17. The molecule has 0 radical (unpaired) electrons. The third kappa shape index (κ3) is 3.76. The van der Waals surface area contributed by atoms with E-state index in [0.717, 1.165) is 19.4 Å². The van der Waals surface area contributed by atoms with Crippen LogP contribution in [-0.4, -0.2) is 37.7 Å². The van der Waals surface area contributed by atoms with Gasteiger partial charge in [0.2, 0.25) is 5.91 Å². The zero-order valence-corrected chi connectivity index (χ0v) is 10.8. The SMILES string of the molecule is COCC(C)(C)NC(=O)C1NCCCC1C. The Hall–Kier alpha value is -0.610. The molecule has 1 aliphatic heterocycles. The van der Waals surface area contributed by atoms with Crippen molar-refractivity contribution in [3.63, 3.8) is 0 Å². The van der Waals surface area contributed by atoms with Crippen LogP contribution in [0.1, 0.15) is 33.6 Å². The van der Waals surface area contributed by atoms with Crippen molar-refractivity contribution in [1.82, 2.24) is 10.6 Å². The van der Waals surface area contributed by atoms with Gasteiger partial charge in [-0.25, -0.2) is 0 Å². The van der Waals surface area contributed by atoms with E-state index < -0.39 is 0 Å². The monoisotopic (exact) mass is 228 g/mol. The molecular formula is C12H24N2O2. The quantitative estimate of drug-likeness (QED) is 0.752. The minimum atomic E-state index is -0.301. The topological polar surface area (TPSA) is 50.4 Å². The van der Waals surface area contributed by atoms with Crippen LogP contribution in [0.5, 0.6) is 0 Å². The number of amides is 1. The largest absolute Gasteiger partial charge is 0.382 e. The van der Waals surface area contributed by atoms with E-state index >= 15 is 0 Å². The average molecular weight is 228 g/mol. The van der Waals surface area contributed by atoms with E-state index in [1.165, 1.54) is 0 Å². The molecule has 1 amide bonds. The lowest BCUT2D eigenvalue weighted by molar-refractivity contribution is -0.127. The Kier molecular flexibility index (Phi) is 4.74. The van der Waals surface area contributed by atoms with Gasteiger partial charge in [-0.2, -0.15) is 0 Å². The molecule has 1 aliphatic rings.